The Bertz CT molecular complexity index is 166. The zero-order chi connectivity index (χ0) is 16.1. The minimum Gasteiger partial charge on any atom is -0.379 e. The lowest BCUT2D eigenvalue weighted by atomic mass is 10.1. The minimum atomic E-state index is 0.404. The molecule has 0 aliphatic carbocycles. The van der Waals surface area contributed by atoms with Crippen molar-refractivity contribution in [2.75, 3.05) is 33.2 Å². The summed E-state index contributed by atoms with van der Waals surface area (Å²) in [6.45, 7) is 7.84. The first-order chi connectivity index (χ1) is 10.9. The van der Waals surface area contributed by atoms with Crippen molar-refractivity contribution in [2.24, 2.45) is 0 Å². The molecule has 22 heavy (non-hydrogen) atoms. The summed E-state index contributed by atoms with van der Waals surface area (Å²) < 4.78 is 16.2. The van der Waals surface area contributed by atoms with E-state index < -0.39 is 0 Å². The standard InChI is InChI=1S/C19H40O3/c1-3-5-7-8-9-10-11-12-13-14-16-20-17-18-22-19-21-15-6-4-2/h3-19H2,1-2H3. The van der Waals surface area contributed by atoms with Crippen LogP contribution in [0, 0.1) is 0 Å². The van der Waals surface area contributed by atoms with Crippen molar-refractivity contribution in [3.05, 3.63) is 0 Å². The predicted molar refractivity (Wildman–Crippen MR) is 94.3 cm³/mol. The minimum absolute atomic E-state index is 0.404. The smallest absolute Gasteiger partial charge is 0.146 e. The van der Waals surface area contributed by atoms with Crippen LogP contribution in [0.3, 0.4) is 0 Å². The highest BCUT2D eigenvalue weighted by Gasteiger charge is 1.94. The number of rotatable bonds is 19. The average Bonchev–Trinajstić information content (AvgIpc) is 2.54. The van der Waals surface area contributed by atoms with Gasteiger partial charge in [0.1, 0.15) is 6.79 Å². The van der Waals surface area contributed by atoms with Crippen molar-refractivity contribution in [3.63, 3.8) is 0 Å². The summed E-state index contributed by atoms with van der Waals surface area (Å²) in [7, 11) is 0. The van der Waals surface area contributed by atoms with Crippen LogP contribution in [0.5, 0.6) is 0 Å². The first-order valence-electron chi connectivity index (χ1n) is 9.65. The molecule has 3 heteroatoms. The van der Waals surface area contributed by atoms with E-state index in [1.54, 1.807) is 0 Å². The van der Waals surface area contributed by atoms with Gasteiger partial charge in [0.2, 0.25) is 0 Å². The Morgan fingerprint density at radius 3 is 1.50 bits per heavy atom. The van der Waals surface area contributed by atoms with Crippen LogP contribution in [0.1, 0.15) is 90.9 Å². The van der Waals surface area contributed by atoms with Crippen LogP contribution in [-0.4, -0.2) is 33.2 Å². The fourth-order valence-electron chi connectivity index (χ4n) is 2.33. The Balaban J connectivity index is 2.91. The lowest BCUT2D eigenvalue weighted by Gasteiger charge is -2.06. The first-order valence-corrected chi connectivity index (χ1v) is 9.65. The van der Waals surface area contributed by atoms with E-state index in [4.69, 9.17) is 14.2 Å². The molecule has 0 unspecified atom stereocenters. The summed E-state index contributed by atoms with van der Waals surface area (Å²) in [5.41, 5.74) is 0. The molecule has 0 amide bonds. The van der Waals surface area contributed by atoms with Crippen LogP contribution in [-0.2, 0) is 14.2 Å². The number of ether oxygens (including phenoxy) is 3. The van der Waals surface area contributed by atoms with Gasteiger partial charge in [-0.25, -0.2) is 0 Å². The Morgan fingerprint density at radius 1 is 0.409 bits per heavy atom. The first kappa shape index (κ1) is 21.9. The van der Waals surface area contributed by atoms with E-state index >= 15 is 0 Å². The summed E-state index contributed by atoms with van der Waals surface area (Å²) in [6.07, 6.45) is 16.0. The second-order valence-corrected chi connectivity index (χ2v) is 6.08. The lowest BCUT2D eigenvalue weighted by Crippen LogP contribution is -2.08. The van der Waals surface area contributed by atoms with Crippen molar-refractivity contribution < 1.29 is 14.2 Å². The summed E-state index contributed by atoms with van der Waals surface area (Å²) in [5, 5.41) is 0. The molecule has 0 aliphatic heterocycles. The van der Waals surface area contributed by atoms with Crippen LogP contribution < -0.4 is 0 Å². The third kappa shape index (κ3) is 19.9. The van der Waals surface area contributed by atoms with Crippen molar-refractivity contribution in [1.82, 2.24) is 0 Å². The van der Waals surface area contributed by atoms with E-state index in [-0.39, 0.29) is 0 Å². The molecule has 0 heterocycles. The lowest BCUT2D eigenvalue weighted by molar-refractivity contribution is -0.0699. The molecular formula is C19H40O3. The number of hydrogen-bond acceptors (Lipinski definition) is 3. The largest absolute Gasteiger partial charge is 0.379 e. The summed E-state index contributed by atoms with van der Waals surface area (Å²) in [5.74, 6) is 0. The zero-order valence-electron chi connectivity index (χ0n) is 15.2. The van der Waals surface area contributed by atoms with Gasteiger partial charge in [-0.2, -0.15) is 0 Å². The zero-order valence-corrected chi connectivity index (χ0v) is 15.2. The molecule has 0 aromatic carbocycles. The molecule has 0 rings (SSSR count). The molecule has 0 saturated heterocycles. The Morgan fingerprint density at radius 2 is 0.864 bits per heavy atom. The van der Waals surface area contributed by atoms with Gasteiger partial charge in [0.25, 0.3) is 0 Å². The van der Waals surface area contributed by atoms with Crippen molar-refractivity contribution in [3.8, 4) is 0 Å². The number of unbranched alkanes of at least 4 members (excludes halogenated alkanes) is 10. The average molecular weight is 317 g/mol. The quantitative estimate of drug-likeness (QED) is 0.225. The van der Waals surface area contributed by atoms with Gasteiger partial charge in [0.05, 0.1) is 13.2 Å². The molecule has 0 aliphatic rings. The van der Waals surface area contributed by atoms with Gasteiger partial charge < -0.3 is 14.2 Å². The van der Waals surface area contributed by atoms with Crippen LogP contribution in [0.15, 0.2) is 0 Å². The maximum atomic E-state index is 5.55. The van der Waals surface area contributed by atoms with Gasteiger partial charge in [-0.15, -0.1) is 0 Å². The fraction of sp³-hybridized carbons (Fsp3) is 1.00. The molecular weight excluding hydrogens is 276 g/mol. The summed E-state index contributed by atoms with van der Waals surface area (Å²) in [4.78, 5) is 0. The van der Waals surface area contributed by atoms with Gasteiger partial charge >= 0.3 is 0 Å². The highest BCUT2D eigenvalue weighted by molar-refractivity contribution is 4.47. The van der Waals surface area contributed by atoms with E-state index in [9.17, 15) is 0 Å². The third-order valence-electron chi connectivity index (χ3n) is 3.82. The highest BCUT2D eigenvalue weighted by Crippen LogP contribution is 2.10. The molecule has 0 atom stereocenters. The molecule has 134 valence electrons. The van der Waals surface area contributed by atoms with E-state index in [0.29, 0.717) is 20.0 Å². The second-order valence-electron chi connectivity index (χ2n) is 6.08. The SMILES string of the molecule is CCCCCCCCCCCCOCCOCOCCCC. The van der Waals surface area contributed by atoms with Crippen molar-refractivity contribution in [2.45, 2.75) is 90.9 Å². The van der Waals surface area contributed by atoms with Crippen molar-refractivity contribution in [1.29, 1.82) is 0 Å². The highest BCUT2D eigenvalue weighted by atomic mass is 16.7. The van der Waals surface area contributed by atoms with Gasteiger partial charge in [-0.05, 0) is 12.8 Å². The molecule has 0 aromatic rings. The Hall–Kier alpha value is -0.120. The van der Waals surface area contributed by atoms with Gasteiger partial charge in [0.15, 0.2) is 0 Å². The van der Waals surface area contributed by atoms with Crippen LogP contribution >= 0.6 is 0 Å². The third-order valence-corrected chi connectivity index (χ3v) is 3.82. The van der Waals surface area contributed by atoms with Gasteiger partial charge in [-0.1, -0.05) is 78.1 Å². The van der Waals surface area contributed by atoms with Crippen molar-refractivity contribution >= 4 is 0 Å². The predicted octanol–water partition coefficient (Wildman–Crippen LogP) is 5.71. The van der Waals surface area contributed by atoms with Gasteiger partial charge in [0, 0.05) is 13.2 Å². The van der Waals surface area contributed by atoms with E-state index in [0.717, 1.165) is 19.6 Å². The molecule has 3 nitrogen and oxygen atoms in total. The van der Waals surface area contributed by atoms with Crippen LogP contribution in [0.4, 0.5) is 0 Å². The normalized spacial score (nSPS) is 11.2. The molecule has 0 spiro atoms. The molecule has 0 radical (unpaired) electrons. The van der Waals surface area contributed by atoms with Gasteiger partial charge in [-0.3, -0.25) is 0 Å². The van der Waals surface area contributed by atoms with Crippen LogP contribution in [0.25, 0.3) is 0 Å². The molecule has 0 aromatic heterocycles. The molecule has 0 saturated carbocycles. The molecule has 0 bridgehead atoms. The maximum absolute atomic E-state index is 5.55. The topological polar surface area (TPSA) is 27.7 Å². The van der Waals surface area contributed by atoms with E-state index in [2.05, 4.69) is 13.8 Å². The second kappa shape index (κ2) is 20.9. The maximum Gasteiger partial charge on any atom is 0.146 e. The fourth-order valence-corrected chi connectivity index (χ4v) is 2.33. The summed E-state index contributed by atoms with van der Waals surface area (Å²) in [6, 6.07) is 0. The summed E-state index contributed by atoms with van der Waals surface area (Å²) >= 11 is 0. The number of hydrogen-bond donors (Lipinski definition) is 0. The van der Waals surface area contributed by atoms with Crippen LogP contribution in [0.2, 0.25) is 0 Å². The Labute approximate surface area is 139 Å². The Kier molecular flexibility index (Phi) is 20.8. The monoisotopic (exact) mass is 316 g/mol. The van der Waals surface area contributed by atoms with E-state index in [1.807, 2.05) is 0 Å². The molecule has 0 N–H and O–H groups in total. The van der Waals surface area contributed by atoms with E-state index in [1.165, 1.54) is 70.6 Å². The molecule has 0 fully saturated rings.